The predicted molar refractivity (Wildman–Crippen MR) is 308 cm³/mol. The van der Waals surface area contributed by atoms with E-state index in [9.17, 15) is 0 Å². The van der Waals surface area contributed by atoms with Crippen LogP contribution < -0.4 is 9.30 Å². The standard InChI is InChI=1S/C70H64N4O.Pt/c1-68(2,3)51-36-37-71-66(42-51)74-62-21-11-10-18-58(62)59-35-34-56(44-65(59)74)75-55-17-14-16-54(43-55)72-45-73(64-23-13-12-22-63(64)72)67-57(50-39-52(69(4,5)6)41-53(40-50)70(7,8)9)19-15-20-60(67)61-38-48-29-28-46-24-26-47(27-25-46)30-32-49(61)33-31-48;/h10-27,31,33-42H,28-30,32H2,1-9H3;/q-2;. The molecule has 15 rings (SSSR count). The van der Waals surface area contributed by atoms with E-state index in [1.807, 2.05) is 24.4 Å². The molecule has 0 radical (unpaired) electrons. The summed E-state index contributed by atoms with van der Waals surface area (Å²) in [6, 6.07) is 69.7. The number of pyridine rings is 1. The van der Waals surface area contributed by atoms with Crippen LogP contribution in [-0.4, -0.2) is 14.1 Å². The van der Waals surface area contributed by atoms with Crippen LogP contribution in [0.3, 0.4) is 0 Å². The van der Waals surface area contributed by atoms with Gasteiger partial charge in [-0.1, -0.05) is 189 Å². The zero-order valence-corrected chi connectivity index (χ0v) is 47.4. The van der Waals surface area contributed by atoms with Crippen molar-refractivity contribution < 1.29 is 30.4 Å². The van der Waals surface area contributed by atoms with Crippen LogP contribution in [0.1, 0.15) is 101 Å². The molecular weight excluding hydrogens is 1110 g/mol. The molecule has 0 amide bonds. The van der Waals surface area contributed by atoms with Crippen LogP contribution in [-0.2, 0) is 63.0 Å². The average molecular weight is 1170 g/mol. The summed E-state index contributed by atoms with van der Waals surface area (Å²) < 4.78 is 13.4. The van der Waals surface area contributed by atoms with Crippen LogP contribution in [0.15, 0.2) is 176 Å². The Morgan fingerprint density at radius 2 is 1.13 bits per heavy atom. The van der Waals surface area contributed by atoms with Gasteiger partial charge in [-0.2, -0.15) is 18.2 Å². The van der Waals surface area contributed by atoms with Crippen molar-refractivity contribution in [3.8, 4) is 50.9 Å². The molecule has 0 atom stereocenters. The molecule has 382 valence electrons. The van der Waals surface area contributed by atoms with E-state index in [1.165, 1.54) is 55.6 Å². The summed E-state index contributed by atoms with van der Waals surface area (Å²) in [6.45, 7) is 20.6. The van der Waals surface area contributed by atoms with E-state index in [4.69, 9.17) is 9.72 Å². The monoisotopic (exact) mass is 1170 g/mol. The van der Waals surface area contributed by atoms with E-state index >= 15 is 0 Å². The maximum absolute atomic E-state index is 6.76. The van der Waals surface area contributed by atoms with E-state index in [1.54, 1.807) is 0 Å². The molecule has 6 heteroatoms. The second kappa shape index (κ2) is 19.7. The molecule has 8 aromatic carbocycles. The minimum Gasteiger partial charge on any atom is -0.510 e. The van der Waals surface area contributed by atoms with Crippen molar-refractivity contribution in [2.75, 3.05) is 0 Å². The molecule has 5 nitrogen and oxygen atoms in total. The van der Waals surface area contributed by atoms with Gasteiger partial charge in [0.05, 0.1) is 16.7 Å². The Bertz CT molecular complexity index is 3950. The molecule has 4 aliphatic rings. The minimum absolute atomic E-state index is 0. The smallest absolute Gasteiger partial charge is 0.268 e. The molecule has 76 heavy (non-hydrogen) atoms. The fourth-order valence-corrected chi connectivity index (χ4v) is 10.9. The Morgan fingerprint density at radius 3 is 1.87 bits per heavy atom. The number of fused-ring (bicyclic) bond motifs is 4. The number of aromatic nitrogens is 4. The van der Waals surface area contributed by atoms with E-state index < -0.39 is 0 Å². The third-order valence-corrected chi connectivity index (χ3v) is 15.3. The summed E-state index contributed by atoms with van der Waals surface area (Å²) in [6.07, 6.45) is 9.72. The van der Waals surface area contributed by atoms with E-state index in [0.29, 0.717) is 11.5 Å². The molecule has 4 aliphatic carbocycles. The number of aryl methyl sites for hydroxylation is 4. The Kier molecular flexibility index (Phi) is 13.1. The van der Waals surface area contributed by atoms with Gasteiger partial charge in [-0.25, -0.2) is 4.98 Å². The van der Waals surface area contributed by atoms with Gasteiger partial charge >= 0.3 is 0 Å². The number of para-hydroxylation sites is 4. The first-order chi connectivity index (χ1) is 36.0. The van der Waals surface area contributed by atoms with Crippen molar-refractivity contribution in [3.63, 3.8) is 0 Å². The number of nitrogens with zero attached hydrogens (tertiary/aromatic N) is 4. The Morgan fingerprint density at radius 1 is 0.500 bits per heavy atom. The van der Waals surface area contributed by atoms with Crippen LogP contribution in [0.25, 0.3) is 72.3 Å². The summed E-state index contributed by atoms with van der Waals surface area (Å²) in [7, 11) is 0. The van der Waals surface area contributed by atoms with Crippen molar-refractivity contribution in [2.45, 2.75) is 104 Å². The Labute approximate surface area is 463 Å². The maximum Gasteiger partial charge on any atom is 0.268 e. The van der Waals surface area contributed by atoms with Crippen molar-refractivity contribution >= 4 is 32.8 Å². The predicted octanol–water partition coefficient (Wildman–Crippen LogP) is 16.7. The van der Waals surface area contributed by atoms with Crippen molar-refractivity contribution in [3.05, 3.63) is 233 Å². The number of imidazole rings is 1. The normalized spacial score (nSPS) is 13.0. The van der Waals surface area contributed by atoms with Gasteiger partial charge in [-0.3, -0.25) is 4.57 Å². The molecule has 0 saturated carbocycles. The third kappa shape index (κ3) is 9.64. The van der Waals surface area contributed by atoms with Gasteiger partial charge in [0.15, 0.2) is 0 Å². The number of benzene rings is 8. The van der Waals surface area contributed by atoms with Crippen LogP contribution in [0.2, 0.25) is 0 Å². The summed E-state index contributed by atoms with van der Waals surface area (Å²) in [5, 5.41) is 2.23. The summed E-state index contributed by atoms with van der Waals surface area (Å²) in [4.78, 5) is 4.90. The number of rotatable bonds is 7. The van der Waals surface area contributed by atoms with E-state index in [0.717, 1.165) is 81.3 Å². The van der Waals surface area contributed by atoms with Gasteiger partial charge in [-0.15, -0.1) is 29.7 Å². The molecule has 4 bridgehead atoms. The SMILES string of the molecule is CC(C)(C)c1cc(-c2cccc(-c3cc4ccc3CCc3ccc(cc3)CC4)c2-[n+]2[c-]n(-c3[c-]c(Oc4[c-]c5c(cc4)c4ccccc4n5-c4cc(C(C)(C)C)ccn4)ccc3)c3ccccc32)cc(C(C)(C)C)c1.[Pt]. The van der Waals surface area contributed by atoms with Crippen LogP contribution in [0.5, 0.6) is 11.5 Å². The molecule has 11 aromatic rings. The summed E-state index contributed by atoms with van der Waals surface area (Å²) in [5.41, 5.74) is 19.8. The molecule has 0 N–H and O–H groups in total. The minimum atomic E-state index is -0.0619. The van der Waals surface area contributed by atoms with Crippen molar-refractivity contribution in [2.24, 2.45) is 0 Å². The Balaban J connectivity index is 0.00000616. The molecule has 3 aromatic heterocycles. The second-order valence-corrected chi connectivity index (χ2v) is 23.7. The molecule has 3 heterocycles. The number of ether oxygens (including phenoxy) is 1. The molecule has 0 spiro atoms. The fourth-order valence-electron chi connectivity index (χ4n) is 10.9. The van der Waals surface area contributed by atoms with Crippen molar-refractivity contribution in [1.29, 1.82) is 0 Å². The summed E-state index contributed by atoms with van der Waals surface area (Å²) >= 11 is 0. The van der Waals surface area contributed by atoms with Gasteiger partial charge in [0.2, 0.25) is 0 Å². The fraction of sp³-hybridized carbons (Fsp3) is 0.229. The quantitative estimate of drug-likeness (QED) is 0.118. The van der Waals surface area contributed by atoms with Crippen LogP contribution in [0, 0.1) is 18.5 Å². The molecular formula is C70H64N4OPt-2. The third-order valence-electron chi connectivity index (χ3n) is 15.3. The Hall–Kier alpha value is -7.33. The zero-order valence-electron chi connectivity index (χ0n) is 45.1. The van der Waals surface area contributed by atoms with Gasteiger partial charge in [-0.05, 0) is 132 Å². The molecule has 0 aliphatic heterocycles. The maximum atomic E-state index is 6.76. The topological polar surface area (TPSA) is 35.9 Å². The van der Waals surface area contributed by atoms with Crippen molar-refractivity contribution in [1.82, 2.24) is 14.1 Å². The summed E-state index contributed by atoms with van der Waals surface area (Å²) in [5.74, 6) is 2.02. The zero-order chi connectivity index (χ0) is 51.8. The van der Waals surface area contributed by atoms with E-state index in [2.05, 4.69) is 246 Å². The van der Waals surface area contributed by atoms with Crippen LogP contribution in [0.4, 0.5) is 0 Å². The molecule has 0 saturated heterocycles. The first kappa shape index (κ1) is 50.8. The largest absolute Gasteiger partial charge is 0.510 e. The first-order valence-electron chi connectivity index (χ1n) is 26.6. The van der Waals surface area contributed by atoms with E-state index in [-0.39, 0.29) is 37.3 Å². The average Bonchev–Trinajstić information content (AvgIpc) is 3.94. The number of hydrogen-bond donors (Lipinski definition) is 0. The number of hydrogen-bond acceptors (Lipinski definition) is 2. The van der Waals surface area contributed by atoms with Gasteiger partial charge < -0.3 is 13.9 Å². The molecule has 0 fully saturated rings. The second-order valence-electron chi connectivity index (χ2n) is 23.7. The van der Waals surface area contributed by atoms with Crippen LogP contribution >= 0.6 is 0 Å². The molecule has 0 unspecified atom stereocenters. The van der Waals surface area contributed by atoms with Gasteiger partial charge in [0.1, 0.15) is 5.82 Å². The van der Waals surface area contributed by atoms with Gasteiger partial charge in [0, 0.05) is 44.3 Å². The first-order valence-corrected chi connectivity index (χ1v) is 26.6. The van der Waals surface area contributed by atoms with Gasteiger partial charge in [0.25, 0.3) is 6.33 Å².